The van der Waals surface area contributed by atoms with Crippen LogP contribution in [0.25, 0.3) is 0 Å². The summed E-state index contributed by atoms with van der Waals surface area (Å²) < 4.78 is 10.7. The number of benzene rings is 2. The molecule has 2 aromatic carbocycles. The van der Waals surface area contributed by atoms with Crippen molar-refractivity contribution < 1.29 is 18.8 Å². The third-order valence-corrected chi connectivity index (χ3v) is 5.08. The molecule has 154 valence electrons. The molecule has 1 saturated heterocycles. The molecule has 0 bridgehead atoms. The van der Waals surface area contributed by atoms with Crippen molar-refractivity contribution in [1.82, 2.24) is 20.4 Å². The molecule has 3 amide bonds. The number of urea groups is 1. The van der Waals surface area contributed by atoms with Crippen molar-refractivity contribution in [2.45, 2.75) is 32.0 Å². The van der Waals surface area contributed by atoms with Crippen LogP contribution in [0.4, 0.5) is 4.79 Å². The van der Waals surface area contributed by atoms with Crippen LogP contribution >= 0.6 is 0 Å². The number of hydrogen-bond acceptors (Lipinski definition) is 6. The smallest absolute Gasteiger partial charge is 0.326 e. The maximum absolute atomic E-state index is 13.6. The lowest BCUT2D eigenvalue weighted by Crippen LogP contribution is -2.45. The predicted molar refractivity (Wildman–Crippen MR) is 107 cm³/mol. The van der Waals surface area contributed by atoms with Crippen LogP contribution in [0.3, 0.4) is 0 Å². The molecule has 1 unspecified atom stereocenters. The molecular formula is C22H22N4O4. The summed E-state index contributed by atoms with van der Waals surface area (Å²) in [6.07, 6.45) is -0.344. The molecular weight excluding hydrogens is 384 g/mol. The van der Waals surface area contributed by atoms with Gasteiger partial charge in [0.1, 0.15) is 12.6 Å². The van der Waals surface area contributed by atoms with Crippen LogP contribution in [-0.4, -0.2) is 33.6 Å². The maximum Gasteiger partial charge on any atom is 0.326 e. The molecule has 1 aliphatic heterocycles. The average molecular weight is 406 g/mol. The molecule has 1 fully saturated rings. The SMILES string of the molecule is CCOC(C)c1noc(CN2C(=O)NC(c3ccccc3)(c3ccccc3)C2=O)n1. The average Bonchev–Trinajstić information content (AvgIpc) is 3.34. The second-order valence-electron chi connectivity index (χ2n) is 6.95. The highest BCUT2D eigenvalue weighted by atomic mass is 16.5. The molecule has 1 N–H and O–H groups in total. The Morgan fingerprint density at radius 3 is 2.23 bits per heavy atom. The van der Waals surface area contributed by atoms with E-state index in [1.165, 1.54) is 0 Å². The summed E-state index contributed by atoms with van der Waals surface area (Å²) in [5.41, 5.74) is 0.0302. The zero-order chi connectivity index (χ0) is 21.1. The maximum atomic E-state index is 13.6. The second-order valence-corrected chi connectivity index (χ2v) is 6.95. The highest BCUT2D eigenvalue weighted by Crippen LogP contribution is 2.36. The Hall–Kier alpha value is -3.52. The van der Waals surface area contributed by atoms with Crippen molar-refractivity contribution in [3.63, 3.8) is 0 Å². The van der Waals surface area contributed by atoms with Gasteiger partial charge in [0.2, 0.25) is 5.89 Å². The lowest BCUT2D eigenvalue weighted by Gasteiger charge is -2.27. The number of hydrogen-bond donors (Lipinski definition) is 1. The van der Waals surface area contributed by atoms with Crippen LogP contribution in [-0.2, 0) is 21.6 Å². The number of rotatable bonds is 7. The van der Waals surface area contributed by atoms with E-state index < -0.39 is 17.5 Å². The lowest BCUT2D eigenvalue weighted by molar-refractivity contribution is -0.130. The fourth-order valence-electron chi connectivity index (χ4n) is 3.61. The van der Waals surface area contributed by atoms with Gasteiger partial charge in [-0.25, -0.2) is 4.79 Å². The van der Waals surface area contributed by atoms with E-state index in [1.807, 2.05) is 74.5 Å². The standard InChI is InChI=1S/C22H22N4O4/c1-3-29-15(2)19-23-18(30-25-19)14-26-20(27)22(24-21(26)28,16-10-6-4-7-11-16)17-12-8-5-9-13-17/h4-13,15H,3,14H2,1-2H3,(H,24,28). The number of ether oxygens (including phenoxy) is 1. The number of carbonyl (C=O) groups excluding carboxylic acids is 2. The molecule has 0 spiro atoms. The van der Waals surface area contributed by atoms with Gasteiger partial charge in [-0.15, -0.1) is 0 Å². The third-order valence-electron chi connectivity index (χ3n) is 5.08. The Balaban J connectivity index is 1.68. The van der Waals surface area contributed by atoms with E-state index in [9.17, 15) is 9.59 Å². The number of carbonyl (C=O) groups is 2. The fraction of sp³-hybridized carbons (Fsp3) is 0.273. The quantitative estimate of drug-likeness (QED) is 0.606. The first-order chi connectivity index (χ1) is 14.6. The van der Waals surface area contributed by atoms with Crippen molar-refractivity contribution >= 4 is 11.9 Å². The van der Waals surface area contributed by atoms with E-state index in [2.05, 4.69) is 15.5 Å². The molecule has 30 heavy (non-hydrogen) atoms. The monoisotopic (exact) mass is 406 g/mol. The van der Waals surface area contributed by atoms with Crippen LogP contribution in [0, 0.1) is 0 Å². The zero-order valence-corrected chi connectivity index (χ0v) is 16.7. The minimum Gasteiger partial charge on any atom is -0.371 e. The van der Waals surface area contributed by atoms with E-state index in [4.69, 9.17) is 9.26 Å². The normalized spacial score (nSPS) is 16.5. The third kappa shape index (κ3) is 3.35. The van der Waals surface area contributed by atoms with Crippen molar-refractivity contribution in [3.8, 4) is 0 Å². The minimum atomic E-state index is -1.32. The van der Waals surface area contributed by atoms with Crippen LogP contribution < -0.4 is 5.32 Å². The molecule has 0 aliphatic carbocycles. The summed E-state index contributed by atoms with van der Waals surface area (Å²) in [7, 11) is 0. The fourth-order valence-corrected chi connectivity index (χ4v) is 3.61. The highest BCUT2D eigenvalue weighted by Gasteiger charge is 2.54. The molecule has 1 aliphatic rings. The van der Waals surface area contributed by atoms with Gasteiger partial charge in [-0.2, -0.15) is 4.98 Å². The van der Waals surface area contributed by atoms with Crippen LogP contribution in [0.5, 0.6) is 0 Å². The Bertz CT molecular complexity index is 996. The van der Waals surface area contributed by atoms with Gasteiger partial charge >= 0.3 is 6.03 Å². The van der Waals surface area contributed by atoms with Gasteiger partial charge in [0.05, 0.1) is 0 Å². The van der Waals surface area contributed by atoms with Gasteiger partial charge in [0.25, 0.3) is 5.91 Å². The molecule has 1 aromatic heterocycles. The molecule has 8 nitrogen and oxygen atoms in total. The van der Waals surface area contributed by atoms with E-state index in [0.29, 0.717) is 23.6 Å². The summed E-state index contributed by atoms with van der Waals surface area (Å²) in [5.74, 6) is 0.135. The predicted octanol–water partition coefficient (Wildman–Crippen LogP) is 3.16. The summed E-state index contributed by atoms with van der Waals surface area (Å²) in [4.78, 5) is 31.9. The first-order valence-electron chi connectivity index (χ1n) is 9.75. The van der Waals surface area contributed by atoms with Gasteiger partial charge in [-0.1, -0.05) is 65.8 Å². The van der Waals surface area contributed by atoms with Gasteiger partial charge < -0.3 is 14.6 Å². The van der Waals surface area contributed by atoms with Gasteiger partial charge in [-0.3, -0.25) is 9.69 Å². The van der Waals surface area contributed by atoms with Gasteiger partial charge in [-0.05, 0) is 25.0 Å². The molecule has 2 heterocycles. The van der Waals surface area contributed by atoms with Crippen LogP contribution in [0.2, 0.25) is 0 Å². The van der Waals surface area contributed by atoms with Crippen molar-refractivity contribution in [2.75, 3.05) is 6.61 Å². The van der Waals surface area contributed by atoms with Crippen molar-refractivity contribution in [3.05, 3.63) is 83.5 Å². The molecule has 1 atom stereocenters. The first kappa shape index (κ1) is 19.8. The number of imide groups is 1. The Kier molecular flexibility index (Phi) is 5.33. The van der Waals surface area contributed by atoms with Crippen LogP contribution in [0.15, 0.2) is 65.2 Å². The first-order valence-corrected chi connectivity index (χ1v) is 9.75. The summed E-state index contributed by atoms with van der Waals surface area (Å²) in [5, 5.41) is 6.79. The van der Waals surface area contributed by atoms with E-state index in [0.717, 1.165) is 4.90 Å². The lowest BCUT2D eigenvalue weighted by atomic mass is 9.82. The van der Waals surface area contributed by atoms with Crippen molar-refractivity contribution in [2.24, 2.45) is 0 Å². The van der Waals surface area contributed by atoms with E-state index in [1.54, 1.807) is 0 Å². The van der Waals surface area contributed by atoms with E-state index in [-0.39, 0.29) is 18.5 Å². The van der Waals surface area contributed by atoms with Gasteiger partial charge in [0.15, 0.2) is 11.4 Å². The highest BCUT2D eigenvalue weighted by molar-refractivity contribution is 6.09. The Morgan fingerprint density at radius 2 is 1.67 bits per heavy atom. The number of nitrogens with one attached hydrogen (secondary N) is 1. The molecule has 0 saturated carbocycles. The molecule has 0 radical (unpaired) electrons. The Morgan fingerprint density at radius 1 is 1.07 bits per heavy atom. The Labute approximate surface area is 173 Å². The van der Waals surface area contributed by atoms with Gasteiger partial charge in [0, 0.05) is 6.61 Å². The molecule has 3 aromatic rings. The number of amides is 3. The molecule has 8 heteroatoms. The minimum absolute atomic E-state index is 0.127. The second kappa shape index (κ2) is 8.08. The summed E-state index contributed by atoms with van der Waals surface area (Å²) in [6.45, 7) is 4.06. The van der Waals surface area contributed by atoms with Crippen LogP contribution in [0.1, 0.15) is 42.8 Å². The van der Waals surface area contributed by atoms with E-state index >= 15 is 0 Å². The summed E-state index contributed by atoms with van der Waals surface area (Å²) in [6, 6.07) is 17.8. The topological polar surface area (TPSA) is 97.6 Å². The zero-order valence-electron chi connectivity index (χ0n) is 16.7. The number of nitrogens with zero attached hydrogens (tertiary/aromatic N) is 3. The number of aromatic nitrogens is 2. The molecule has 4 rings (SSSR count). The van der Waals surface area contributed by atoms with Crippen molar-refractivity contribution in [1.29, 1.82) is 0 Å². The summed E-state index contributed by atoms with van der Waals surface area (Å²) >= 11 is 0. The largest absolute Gasteiger partial charge is 0.371 e.